The van der Waals surface area contributed by atoms with Crippen LogP contribution in [0.3, 0.4) is 0 Å². The van der Waals surface area contributed by atoms with E-state index >= 15 is 0 Å². The fourth-order valence-corrected chi connectivity index (χ4v) is 4.29. The molecule has 0 radical (unpaired) electrons. The highest BCUT2D eigenvalue weighted by atomic mass is 16.5. The van der Waals surface area contributed by atoms with Crippen molar-refractivity contribution in [3.8, 4) is 0 Å². The normalized spacial score (nSPS) is 34.7. The van der Waals surface area contributed by atoms with E-state index in [0.717, 1.165) is 36.9 Å². The van der Waals surface area contributed by atoms with Gasteiger partial charge in [0.15, 0.2) is 0 Å². The zero-order chi connectivity index (χ0) is 14.7. The first-order chi connectivity index (χ1) is 10.2. The van der Waals surface area contributed by atoms with Crippen LogP contribution in [0.5, 0.6) is 0 Å². The van der Waals surface area contributed by atoms with E-state index in [2.05, 4.69) is 19.2 Å². The first kappa shape index (κ1) is 15.8. The first-order valence-electron chi connectivity index (χ1n) is 9.54. The standard InChI is InChI=1S/C19H35NO/c1-15(2)17-9-11-19(12-10-17,14-20-18-7-8-18)21-13-16-5-3-4-6-16/h15-18,20H,3-14H2,1-2H3. The molecule has 2 heteroatoms. The molecule has 0 saturated heterocycles. The lowest BCUT2D eigenvalue weighted by Gasteiger charge is -2.42. The van der Waals surface area contributed by atoms with Gasteiger partial charge in [0, 0.05) is 12.6 Å². The molecule has 3 aliphatic rings. The lowest BCUT2D eigenvalue weighted by atomic mass is 9.74. The Morgan fingerprint density at radius 2 is 1.67 bits per heavy atom. The molecule has 0 heterocycles. The fourth-order valence-electron chi connectivity index (χ4n) is 4.29. The SMILES string of the molecule is CC(C)C1CCC(CNC2CC2)(OCC2CCCC2)CC1. The molecule has 3 rings (SSSR count). The Morgan fingerprint density at radius 1 is 1.00 bits per heavy atom. The van der Waals surface area contributed by atoms with Crippen molar-refractivity contribution >= 4 is 0 Å². The quantitative estimate of drug-likeness (QED) is 0.744. The second-order valence-electron chi connectivity index (χ2n) is 8.38. The number of hydrogen-bond acceptors (Lipinski definition) is 2. The highest BCUT2D eigenvalue weighted by Crippen LogP contribution is 2.39. The van der Waals surface area contributed by atoms with E-state index < -0.39 is 0 Å². The molecule has 3 fully saturated rings. The molecular formula is C19H35NO. The lowest BCUT2D eigenvalue weighted by molar-refractivity contribution is -0.0910. The summed E-state index contributed by atoms with van der Waals surface area (Å²) in [5.41, 5.74) is 0.163. The predicted molar refractivity (Wildman–Crippen MR) is 88.5 cm³/mol. The van der Waals surface area contributed by atoms with Gasteiger partial charge in [-0.15, -0.1) is 0 Å². The fraction of sp³-hybridized carbons (Fsp3) is 1.00. The van der Waals surface area contributed by atoms with Crippen molar-refractivity contribution in [2.24, 2.45) is 17.8 Å². The number of hydrogen-bond donors (Lipinski definition) is 1. The van der Waals surface area contributed by atoms with Crippen LogP contribution >= 0.6 is 0 Å². The maximum Gasteiger partial charge on any atom is 0.0806 e. The van der Waals surface area contributed by atoms with Crippen LogP contribution in [0.25, 0.3) is 0 Å². The molecule has 0 aromatic heterocycles. The molecule has 3 aliphatic carbocycles. The van der Waals surface area contributed by atoms with Crippen molar-refractivity contribution in [3.63, 3.8) is 0 Å². The Bertz CT molecular complexity index is 310. The summed E-state index contributed by atoms with van der Waals surface area (Å²) >= 11 is 0. The second kappa shape index (κ2) is 7.00. The third-order valence-electron chi connectivity index (χ3n) is 6.27. The molecule has 2 nitrogen and oxygen atoms in total. The van der Waals surface area contributed by atoms with Crippen LogP contribution in [0.15, 0.2) is 0 Å². The van der Waals surface area contributed by atoms with Crippen molar-refractivity contribution in [2.45, 2.75) is 89.7 Å². The molecule has 0 aromatic rings. The van der Waals surface area contributed by atoms with E-state index in [1.807, 2.05) is 0 Å². The van der Waals surface area contributed by atoms with Gasteiger partial charge in [-0.05, 0) is 69.1 Å². The van der Waals surface area contributed by atoms with Crippen molar-refractivity contribution < 1.29 is 4.74 Å². The van der Waals surface area contributed by atoms with Crippen LogP contribution in [0.1, 0.15) is 78.1 Å². The van der Waals surface area contributed by atoms with Gasteiger partial charge < -0.3 is 10.1 Å². The van der Waals surface area contributed by atoms with Crippen LogP contribution in [-0.4, -0.2) is 24.8 Å². The van der Waals surface area contributed by atoms with Gasteiger partial charge in [0.05, 0.1) is 12.2 Å². The zero-order valence-electron chi connectivity index (χ0n) is 14.2. The molecule has 0 aliphatic heterocycles. The highest BCUT2D eigenvalue weighted by molar-refractivity contribution is 4.93. The summed E-state index contributed by atoms with van der Waals surface area (Å²) in [7, 11) is 0. The first-order valence-corrected chi connectivity index (χ1v) is 9.54. The van der Waals surface area contributed by atoms with Gasteiger partial charge in [0.1, 0.15) is 0 Å². The van der Waals surface area contributed by atoms with Crippen molar-refractivity contribution in [2.75, 3.05) is 13.2 Å². The third kappa shape index (κ3) is 4.45. The monoisotopic (exact) mass is 293 g/mol. The topological polar surface area (TPSA) is 21.3 Å². The highest BCUT2D eigenvalue weighted by Gasteiger charge is 2.38. The van der Waals surface area contributed by atoms with E-state index in [1.165, 1.54) is 64.2 Å². The molecular weight excluding hydrogens is 258 g/mol. The van der Waals surface area contributed by atoms with Gasteiger partial charge in [-0.25, -0.2) is 0 Å². The summed E-state index contributed by atoms with van der Waals surface area (Å²) in [5, 5.41) is 3.76. The maximum absolute atomic E-state index is 6.60. The summed E-state index contributed by atoms with van der Waals surface area (Å²) in [6.07, 6.45) is 13.7. The van der Waals surface area contributed by atoms with E-state index in [9.17, 15) is 0 Å². The molecule has 0 unspecified atom stereocenters. The zero-order valence-corrected chi connectivity index (χ0v) is 14.2. The van der Waals surface area contributed by atoms with Crippen molar-refractivity contribution in [1.82, 2.24) is 5.32 Å². The molecule has 122 valence electrons. The van der Waals surface area contributed by atoms with Crippen molar-refractivity contribution in [1.29, 1.82) is 0 Å². The third-order valence-corrected chi connectivity index (χ3v) is 6.27. The van der Waals surface area contributed by atoms with Crippen LogP contribution in [0.4, 0.5) is 0 Å². The molecule has 3 saturated carbocycles. The van der Waals surface area contributed by atoms with Crippen molar-refractivity contribution in [3.05, 3.63) is 0 Å². The van der Waals surface area contributed by atoms with Crippen LogP contribution in [0, 0.1) is 17.8 Å². The summed E-state index contributed by atoms with van der Waals surface area (Å²) in [4.78, 5) is 0. The lowest BCUT2D eigenvalue weighted by Crippen LogP contribution is -2.47. The average Bonchev–Trinajstić information content (AvgIpc) is 3.18. The Morgan fingerprint density at radius 3 is 2.24 bits per heavy atom. The van der Waals surface area contributed by atoms with Crippen LogP contribution in [0.2, 0.25) is 0 Å². The number of nitrogens with one attached hydrogen (secondary N) is 1. The average molecular weight is 293 g/mol. The number of ether oxygens (including phenoxy) is 1. The smallest absolute Gasteiger partial charge is 0.0806 e. The molecule has 0 atom stereocenters. The van der Waals surface area contributed by atoms with Gasteiger partial charge in [-0.3, -0.25) is 0 Å². The second-order valence-corrected chi connectivity index (χ2v) is 8.38. The molecule has 0 aromatic carbocycles. The predicted octanol–water partition coefficient (Wildman–Crippen LogP) is 4.53. The summed E-state index contributed by atoms with van der Waals surface area (Å²) in [6, 6.07) is 0.805. The summed E-state index contributed by atoms with van der Waals surface area (Å²) < 4.78 is 6.60. The van der Waals surface area contributed by atoms with E-state index in [1.54, 1.807) is 0 Å². The van der Waals surface area contributed by atoms with Gasteiger partial charge in [-0.2, -0.15) is 0 Å². The summed E-state index contributed by atoms with van der Waals surface area (Å²) in [6.45, 7) is 6.91. The number of rotatable bonds is 7. The van der Waals surface area contributed by atoms with Gasteiger partial charge in [0.2, 0.25) is 0 Å². The molecule has 1 N–H and O–H groups in total. The van der Waals surface area contributed by atoms with Gasteiger partial charge in [-0.1, -0.05) is 26.7 Å². The van der Waals surface area contributed by atoms with Gasteiger partial charge >= 0.3 is 0 Å². The largest absolute Gasteiger partial charge is 0.373 e. The minimum absolute atomic E-state index is 0.163. The van der Waals surface area contributed by atoms with Crippen LogP contribution in [-0.2, 0) is 4.74 Å². The minimum Gasteiger partial charge on any atom is -0.373 e. The van der Waals surface area contributed by atoms with E-state index in [0.29, 0.717) is 0 Å². The van der Waals surface area contributed by atoms with Gasteiger partial charge in [0.25, 0.3) is 0 Å². The molecule has 0 bridgehead atoms. The maximum atomic E-state index is 6.60. The molecule has 21 heavy (non-hydrogen) atoms. The Hall–Kier alpha value is -0.0800. The molecule has 0 spiro atoms. The minimum atomic E-state index is 0.163. The van der Waals surface area contributed by atoms with Crippen LogP contribution < -0.4 is 5.32 Å². The Balaban J connectivity index is 1.52. The summed E-state index contributed by atoms with van der Waals surface area (Å²) in [5.74, 6) is 2.62. The molecule has 0 amide bonds. The Kier molecular flexibility index (Phi) is 5.27. The van der Waals surface area contributed by atoms with E-state index in [-0.39, 0.29) is 5.60 Å². The Labute approximate surface area is 131 Å². The van der Waals surface area contributed by atoms with E-state index in [4.69, 9.17) is 4.74 Å².